The van der Waals surface area contributed by atoms with E-state index in [9.17, 15) is 5.26 Å². The predicted molar refractivity (Wildman–Crippen MR) is 125 cm³/mol. The largest absolute Gasteiger partial charge is 0.381 e. The number of nitrogens with one attached hydrogen (secondary N) is 3. The highest BCUT2D eigenvalue weighted by atomic mass is 15.3. The van der Waals surface area contributed by atoms with Crippen LogP contribution in [0.25, 0.3) is 11.1 Å². The molecule has 0 radical (unpaired) electrons. The lowest BCUT2D eigenvalue weighted by atomic mass is 10.1. The molecule has 0 bridgehead atoms. The molecule has 5 rings (SSSR count). The molecule has 1 aliphatic carbocycles. The van der Waals surface area contributed by atoms with Gasteiger partial charge in [0, 0.05) is 41.4 Å². The van der Waals surface area contributed by atoms with E-state index in [4.69, 9.17) is 0 Å². The van der Waals surface area contributed by atoms with Crippen molar-refractivity contribution in [1.29, 1.82) is 5.26 Å². The van der Waals surface area contributed by atoms with E-state index in [-0.39, 0.29) is 0 Å². The van der Waals surface area contributed by atoms with Gasteiger partial charge in [0.1, 0.15) is 6.07 Å². The van der Waals surface area contributed by atoms with Crippen molar-refractivity contribution in [3.63, 3.8) is 0 Å². The lowest BCUT2D eigenvalue weighted by molar-refractivity contribution is 0.343. The molecule has 3 heterocycles. The molecule has 0 atom stereocenters. The highest BCUT2D eigenvalue weighted by Crippen LogP contribution is 2.28. The lowest BCUT2D eigenvalue weighted by Gasteiger charge is -2.22. The third-order valence-electron chi connectivity index (χ3n) is 6.38. The fourth-order valence-electron chi connectivity index (χ4n) is 4.56. The summed E-state index contributed by atoms with van der Waals surface area (Å²) in [4.78, 5) is 8.99. The number of hydrogen-bond acceptors (Lipinski definition) is 7. The summed E-state index contributed by atoms with van der Waals surface area (Å²) in [6, 6.07) is 8.87. The van der Waals surface area contributed by atoms with Crippen LogP contribution < -0.4 is 16.0 Å². The Morgan fingerprint density at radius 1 is 1.00 bits per heavy atom. The Balaban J connectivity index is 1.27. The van der Waals surface area contributed by atoms with E-state index in [0.717, 1.165) is 61.3 Å². The van der Waals surface area contributed by atoms with Crippen molar-refractivity contribution in [2.75, 3.05) is 23.7 Å². The van der Waals surface area contributed by atoms with Crippen LogP contribution >= 0.6 is 0 Å². The second kappa shape index (κ2) is 9.37. The minimum atomic E-state index is 0.443. The van der Waals surface area contributed by atoms with Crippen molar-refractivity contribution in [3.8, 4) is 17.2 Å². The first-order chi connectivity index (χ1) is 15.8. The van der Waals surface area contributed by atoms with Crippen molar-refractivity contribution in [2.45, 2.75) is 50.6 Å². The normalized spacial score (nSPS) is 17.2. The molecule has 0 amide bonds. The topological polar surface area (TPSA) is 103 Å². The predicted octanol–water partition coefficient (Wildman–Crippen LogP) is 4.23. The van der Waals surface area contributed by atoms with Crippen LogP contribution in [0, 0.1) is 11.3 Å². The highest BCUT2D eigenvalue weighted by molar-refractivity contribution is 5.68. The Labute approximate surface area is 188 Å². The summed E-state index contributed by atoms with van der Waals surface area (Å²) in [5, 5.41) is 24.2. The Bertz CT molecular complexity index is 1090. The maximum absolute atomic E-state index is 9.45. The Kier molecular flexibility index (Phi) is 5.99. The molecule has 2 aliphatic rings. The summed E-state index contributed by atoms with van der Waals surface area (Å²) in [5.41, 5.74) is 4.35. The molecular formula is C24H28N8. The number of nitriles is 1. The first-order valence-electron chi connectivity index (χ1n) is 11.4. The van der Waals surface area contributed by atoms with E-state index >= 15 is 0 Å². The van der Waals surface area contributed by atoms with Crippen molar-refractivity contribution in [1.82, 2.24) is 25.1 Å². The Hall–Kier alpha value is -3.44. The molecule has 1 saturated carbocycles. The molecule has 1 aromatic carbocycles. The molecule has 32 heavy (non-hydrogen) atoms. The van der Waals surface area contributed by atoms with Crippen LogP contribution in [0.1, 0.15) is 50.1 Å². The fourth-order valence-corrected chi connectivity index (χ4v) is 4.56. The van der Waals surface area contributed by atoms with Gasteiger partial charge in [0.15, 0.2) is 0 Å². The minimum absolute atomic E-state index is 0.443. The number of anilines is 3. The Morgan fingerprint density at radius 2 is 1.78 bits per heavy atom. The molecule has 0 spiro atoms. The average molecular weight is 429 g/mol. The molecule has 1 saturated heterocycles. The molecule has 3 N–H and O–H groups in total. The van der Waals surface area contributed by atoms with E-state index in [1.165, 1.54) is 12.8 Å². The van der Waals surface area contributed by atoms with Crippen molar-refractivity contribution in [2.24, 2.45) is 0 Å². The van der Waals surface area contributed by atoms with Gasteiger partial charge in [-0.25, -0.2) is 9.97 Å². The van der Waals surface area contributed by atoms with Gasteiger partial charge in [-0.3, -0.25) is 4.68 Å². The summed E-state index contributed by atoms with van der Waals surface area (Å²) in [6.07, 6.45) is 14.6. The van der Waals surface area contributed by atoms with Gasteiger partial charge in [0.05, 0.1) is 23.5 Å². The van der Waals surface area contributed by atoms with Gasteiger partial charge in [0.2, 0.25) is 5.95 Å². The van der Waals surface area contributed by atoms with Crippen LogP contribution in [0.15, 0.2) is 43.0 Å². The van der Waals surface area contributed by atoms with E-state index < -0.39 is 0 Å². The summed E-state index contributed by atoms with van der Waals surface area (Å²) < 4.78 is 2.07. The maximum atomic E-state index is 9.45. The molecule has 8 heteroatoms. The number of rotatable bonds is 6. The smallest absolute Gasteiger partial charge is 0.227 e. The van der Waals surface area contributed by atoms with Gasteiger partial charge >= 0.3 is 0 Å². The summed E-state index contributed by atoms with van der Waals surface area (Å²) in [5.74, 6) is 0.524. The standard InChI is InChI=1S/C24H28N8/c25-12-17-5-6-21(11-23(17)30-20-3-1-2-4-20)31-24-27-13-18(14-28-24)19-15-29-32(16-19)22-7-9-26-10-8-22/h5-6,11,13-16,20,22,26,30H,1-4,7-10H2,(H,27,28,31). The molecule has 3 aromatic rings. The number of hydrogen-bond donors (Lipinski definition) is 3. The van der Waals surface area contributed by atoms with Crippen LogP contribution in [0.5, 0.6) is 0 Å². The second-order valence-corrected chi connectivity index (χ2v) is 8.61. The molecule has 2 fully saturated rings. The third-order valence-corrected chi connectivity index (χ3v) is 6.38. The summed E-state index contributed by atoms with van der Waals surface area (Å²) >= 11 is 0. The fraction of sp³-hybridized carbons (Fsp3) is 0.417. The van der Waals surface area contributed by atoms with Crippen LogP contribution in [-0.4, -0.2) is 38.9 Å². The van der Waals surface area contributed by atoms with Crippen LogP contribution in [0.4, 0.5) is 17.3 Å². The highest BCUT2D eigenvalue weighted by Gasteiger charge is 2.17. The molecule has 8 nitrogen and oxygen atoms in total. The maximum Gasteiger partial charge on any atom is 0.227 e. The van der Waals surface area contributed by atoms with E-state index in [1.54, 1.807) is 0 Å². The second-order valence-electron chi connectivity index (χ2n) is 8.61. The molecular weight excluding hydrogens is 400 g/mol. The van der Waals surface area contributed by atoms with Crippen LogP contribution in [-0.2, 0) is 0 Å². The van der Waals surface area contributed by atoms with Gasteiger partial charge in [-0.05, 0) is 57.0 Å². The van der Waals surface area contributed by atoms with Crippen molar-refractivity contribution in [3.05, 3.63) is 48.5 Å². The van der Waals surface area contributed by atoms with Crippen molar-refractivity contribution < 1.29 is 0 Å². The molecule has 2 aromatic heterocycles. The Morgan fingerprint density at radius 3 is 2.53 bits per heavy atom. The quantitative estimate of drug-likeness (QED) is 0.540. The first kappa shape index (κ1) is 20.5. The van der Waals surface area contributed by atoms with E-state index in [2.05, 4.69) is 48.0 Å². The number of nitrogens with zero attached hydrogens (tertiary/aromatic N) is 5. The number of piperidine rings is 1. The molecule has 1 aliphatic heterocycles. The number of aromatic nitrogens is 4. The lowest BCUT2D eigenvalue weighted by Crippen LogP contribution is -2.29. The summed E-state index contributed by atoms with van der Waals surface area (Å²) in [6.45, 7) is 2.08. The van der Waals surface area contributed by atoms with Gasteiger partial charge < -0.3 is 16.0 Å². The van der Waals surface area contributed by atoms with Gasteiger partial charge in [0.25, 0.3) is 0 Å². The molecule has 0 unspecified atom stereocenters. The summed E-state index contributed by atoms with van der Waals surface area (Å²) in [7, 11) is 0. The number of benzene rings is 1. The van der Waals surface area contributed by atoms with Crippen LogP contribution in [0.3, 0.4) is 0 Å². The van der Waals surface area contributed by atoms with Gasteiger partial charge in [-0.2, -0.15) is 10.4 Å². The zero-order valence-corrected chi connectivity index (χ0v) is 18.1. The van der Waals surface area contributed by atoms with E-state index in [1.807, 2.05) is 36.8 Å². The SMILES string of the molecule is N#Cc1ccc(Nc2ncc(-c3cnn(C4CCNCC4)c3)cn2)cc1NC1CCCC1. The molecule has 164 valence electrons. The minimum Gasteiger partial charge on any atom is -0.381 e. The zero-order valence-electron chi connectivity index (χ0n) is 18.1. The van der Waals surface area contributed by atoms with Gasteiger partial charge in [-0.15, -0.1) is 0 Å². The zero-order chi connectivity index (χ0) is 21.8. The van der Waals surface area contributed by atoms with Crippen molar-refractivity contribution >= 4 is 17.3 Å². The van der Waals surface area contributed by atoms with Crippen LogP contribution in [0.2, 0.25) is 0 Å². The van der Waals surface area contributed by atoms with E-state index in [0.29, 0.717) is 23.6 Å². The van der Waals surface area contributed by atoms with Gasteiger partial charge in [-0.1, -0.05) is 12.8 Å². The third kappa shape index (κ3) is 4.58. The first-order valence-corrected chi connectivity index (χ1v) is 11.4. The average Bonchev–Trinajstić information content (AvgIpc) is 3.53. The monoisotopic (exact) mass is 428 g/mol.